The minimum Gasteiger partial charge on any atom is -0.333 e. The maximum Gasteiger partial charge on any atom is 0.123 e. The molecule has 130 valence electrons. The molecule has 2 aromatic heterocycles. The van der Waals surface area contributed by atoms with Crippen LogP contribution in [0.5, 0.6) is 0 Å². The normalized spacial score (nSPS) is 14.4. The summed E-state index contributed by atoms with van der Waals surface area (Å²) in [6.45, 7) is 1.88. The Balaban J connectivity index is 0.000000880. The summed E-state index contributed by atoms with van der Waals surface area (Å²) in [6, 6.07) is 10.9. The van der Waals surface area contributed by atoms with Crippen LogP contribution in [0.3, 0.4) is 0 Å². The molecular weight excluding hydrogens is 315 g/mol. The number of pyridine rings is 1. The second-order valence-corrected chi connectivity index (χ2v) is 6.01. The monoisotopic (exact) mass is 338 g/mol. The first-order valence-corrected chi connectivity index (χ1v) is 8.39. The van der Waals surface area contributed by atoms with Gasteiger partial charge in [0.1, 0.15) is 5.82 Å². The molecule has 0 radical (unpaired) electrons. The Morgan fingerprint density at radius 3 is 2.80 bits per heavy atom. The minimum atomic E-state index is -0.181. The van der Waals surface area contributed by atoms with E-state index in [1.165, 1.54) is 24.4 Å². The molecule has 4 nitrogen and oxygen atoms in total. The standard InChI is InChI=1S/C19H18FN3.CH5N/c1-22-10-8-19-17(13-22)16-12-14(20)5-6-18(16)23(19)11-7-15-4-2-3-9-21-15;1-2/h2-7,9,11-12H,8,10,13H2,1H3;2H2,1H3/b11-7+;. The number of nitrogens with zero attached hydrogens (tertiary/aromatic N) is 3. The Kier molecular flexibility index (Phi) is 5.26. The van der Waals surface area contributed by atoms with Crippen molar-refractivity contribution in [1.82, 2.24) is 14.5 Å². The van der Waals surface area contributed by atoms with Gasteiger partial charge < -0.3 is 15.2 Å². The fourth-order valence-corrected chi connectivity index (χ4v) is 3.30. The molecule has 5 heteroatoms. The molecule has 3 aromatic rings. The van der Waals surface area contributed by atoms with E-state index in [-0.39, 0.29) is 5.82 Å². The third kappa shape index (κ3) is 3.48. The molecule has 0 fully saturated rings. The number of hydrogen-bond acceptors (Lipinski definition) is 3. The van der Waals surface area contributed by atoms with Crippen molar-refractivity contribution in [2.75, 3.05) is 20.6 Å². The van der Waals surface area contributed by atoms with E-state index in [4.69, 9.17) is 0 Å². The Morgan fingerprint density at radius 2 is 2.04 bits per heavy atom. The molecule has 0 unspecified atom stereocenters. The summed E-state index contributed by atoms with van der Waals surface area (Å²) < 4.78 is 15.9. The van der Waals surface area contributed by atoms with Gasteiger partial charge in [0.15, 0.2) is 0 Å². The number of fused-ring (bicyclic) bond motifs is 3. The number of likely N-dealkylation sites (N-methyl/N-ethyl adjacent to an activating group) is 1. The molecule has 0 bridgehead atoms. The summed E-state index contributed by atoms with van der Waals surface area (Å²) in [5.74, 6) is -0.181. The Labute approximate surface area is 147 Å². The van der Waals surface area contributed by atoms with Crippen LogP contribution in [0.4, 0.5) is 4.39 Å². The van der Waals surface area contributed by atoms with E-state index in [1.54, 1.807) is 12.3 Å². The maximum atomic E-state index is 13.7. The summed E-state index contributed by atoms with van der Waals surface area (Å²) in [7, 11) is 3.61. The van der Waals surface area contributed by atoms with E-state index in [0.717, 1.165) is 36.1 Å². The lowest BCUT2D eigenvalue weighted by molar-refractivity contribution is 0.312. The molecule has 0 saturated carbocycles. The molecule has 25 heavy (non-hydrogen) atoms. The SMILES string of the molecule is CN.CN1CCc2c(c3cc(F)ccc3n2/C=C/c2ccccn2)C1. The zero-order valence-electron chi connectivity index (χ0n) is 14.6. The summed E-state index contributed by atoms with van der Waals surface area (Å²) in [5, 5.41) is 1.01. The van der Waals surface area contributed by atoms with Gasteiger partial charge in [-0.3, -0.25) is 4.98 Å². The van der Waals surface area contributed by atoms with Crippen LogP contribution in [-0.2, 0) is 13.0 Å². The van der Waals surface area contributed by atoms with E-state index in [1.807, 2.05) is 36.5 Å². The predicted molar refractivity (Wildman–Crippen MR) is 102 cm³/mol. The van der Waals surface area contributed by atoms with E-state index < -0.39 is 0 Å². The molecule has 3 heterocycles. The number of rotatable bonds is 2. The highest BCUT2D eigenvalue weighted by atomic mass is 19.1. The quantitative estimate of drug-likeness (QED) is 0.779. The first kappa shape index (κ1) is 17.3. The predicted octanol–water partition coefficient (Wildman–Crippen LogP) is 3.37. The summed E-state index contributed by atoms with van der Waals surface area (Å²) in [4.78, 5) is 6.61. The second-order valence-electron chi connectivity index (χ2n) is 6.01. The molecule has 1 aromatic carbocycles. The number of hydrogen-bond donors (Lipinski definition) is 1. The van der Waals surface area contributed by atoms with Crippen LogP contribution in [0.1, 0.15) is 17.0 Å². The van der Waals surface area contributed by atoms with Crippen molar-refractivity contribution in [1.29, 1.82) is 0 Å². The van der Waals surface area contributed by atoms with Crippen LogP contribution in [0.25, 0.3) is 23.2 Å². The lowest BCUT2D eigenvalue weighted by atomic mass is 10.1. The van der Waals surface area contributed by atoms with Gasteiger partial charge in [-0.2, -0.15) is 0 Å². The summed E-state index contributed by atoms with van der Waals surface area (Å²) in [6.07, 6.45) is 6.80. The second kappa shape index (κ2) is 7.59. The molecule has 2 N–H and O–H groups in total. The van der Waals surface area contributed by atoms with Gasteiger partial charge >= 0.3 is 0 Å². The van der Waals surface area contributed by atoms with Crippen LogP contribution < -0.4 is 5.73 Å². The average Bonchev–Trinajstić information content (AvgIpc) is 2.95. The van der Waals surface area contributed by atoms with Gasteiger partial charge in [-0.1, -0.05) is 6.07 Å². The lowest BCUT2D eigenvalue weighted by Gasteiger charge is -2.23. The largest absolute Gasteiger partial charge is 0.333 e. The molecule has 0 saturated heterocycles. The van der Waals surface area contributed by atoms with E-state index in [2.05, 4.69) is 27.2 Å². The maximum absolute atomic E-state index is 13.7. The van der Waals surface area contributed by atoms with E-state index in [0.29, 0.717) is 0 Å². The van der Waals surface area contributed by atoms with Crippen molar-refractivity contribution in [3.63, 3.8) is 0 Å². The van der Waals surface area contributed by atoms with Gasteiger partial charge in [0.2, 0.25) is 0 Å². The smallest absolute Gasteiger partial charge is 0.123 e. The van der Waals surface area contributed by atoms with Crippen molar-refractivity contribution in [3.05, 3.63) is 65.4 Å². The van der Waals surface area contributed by atoms with E-state index in [9.17, 15) is 4.39 Å². The first-order chi connectivity index (χ1) is 12.2. The van der Waals surface area contributed by atoms with Crippen LogP contribution in [-0.4, -0.2) is 35.1 Å². The zero-order valence-corrected chi connectivity index (χ0v) is 14.6. The molecule has 1 aliphatic rings. The molecule has 0 atom stereocenters. The van der Waals surface area contributed by atoms with Gasteiger partial charge in [0.25, 0.3) is 0 Å². The number of aromatic nitrogens is 2. The van der Waals surface area contributed by atoms with Crippen molar-refractivity contribution in [2.24, 2.45) is 5.73 Å². The highest BCUT2D eigenvalue weighted by molar-refractivity contribution is 5.88. The average molecular weight is 338 g/mol. The third-order valence-electron chi connectivity index (χ3n) is 4.42. The fraction of sp³-hybridized carbons (Fsp3) is 0.250. The summed E-state index contributed by atoms with van der Waals surface area (Å²) >= 11 is 0. The topological polar surface area (TPSA) is 47.1 Å². The Hall–Kier alpha value is -2.50. The fourth-order valence-electron chi connectivity index (χ4n) is 3.30. The van der Waals surface area contributed by atoms with Crippen LogP contribution >= 0.6 is 0 Å². The van der Waals surface area contributed by atoms with Gasteiger partial charge in [-0.25, -0.2) is 4.39 Å². The highest BCUT2D eigenvalue weighted by Gasteiger charge is 2.21. The van der Waals surface area contributed by atoms with Gasteiger partial charge in [0.05, 0.1) is 11.2 Å². The lowest BCUT2D eigenvalue weighted by Crippen LogP contribution is -2.26. The first-order valence-electron chi connectivity index (χ1n) is 8.39. The van der Waals surface area contributed by atoms with Crippen molar-refractivity contribution in [2.45, 2.75) is 13.0 Å². The van der Waals surface area contributed by atoms with Crippen molar-refractivity contribution < 1.29 is 4.39 Å². The van der Waals surface area contributed by atoms with Gasteiger partial charge in [0, 0.05) is 43.0 Å². The van der Waals surface area contributed by atoms with Gasteiger partial charge in [-0.15, -0.1) is 0 Å². The number of nitrogens with two attached hydrogens (primary N) is 1. The minimum absolute atomic E-state index is 0.181. The molecule has 0 amide bonds. The van der Waals surface area contributed by atoms with E-state index >= 15 is 0 Å². The highest BCUT2D eigenvalue weighted by Crippen LogP contribution is 2.31. The van der Waals surface area contributed by atoms with Crippen LogP contribution in [0, 0.1) is 5.82 Å². The zero-order chi connectivity index (χ0) is 17.8. The summed E-state index contributed by atoms with van der Waals surface area (Å²) in [5.41, 5.74) is 8.98. The number of halogens is 1. The Bertz CT molecular complexity index is 884. The van der Waals surface area contributed by atoms with Crippen molar-refractivity contribution >= 4 is 23.2 Å². The van der Waals surface area contributed by atoms with Crippen LogP contribution in [0.2, 0.25) is 0 Å². The molecule has 4 rings (SSSR count). The molecular formula is C20H23FN4. The Morgan fingerprint density at radius 1 is 1.20 bits per heavy atom. The molecule has 1 aliphatic heterocycles. The van der Waals surface area contributed by atoms with Gasteiger partial charge in [-0.05, 0) is 56.1 Å². The third-order valence-corrected chi connectivity index (χ3v) is 4.42. The molecule has 0 aliphatic carbocycles. The number of benzene rings is 1. The van der Waals surface area contributed by atoms with Crippen molar-refractivity contribution in [3.8, 4) is 0 Å². The van der Waals surface area contributed by atoms with Crippen LogP contribution in [0.15, 0.2) is 42.6 Å². The molecule has 0 spiro atoms.